The molecule has 0 bridgehead atoms. The van der Waals surface area contributed by atoms with E-state index in [0.29, 0.717) is 0 Å². The lowest BCUT2D eigenvalue weighted by Gasteiger charge is -2.13. The molecular formula is C9H10BrIN2O. The van der Waals surface area contributed by atoms with Gasteiger partial charge in [0, 0.05) is 22.1 Å². The van der Waals surface area contributed by atoms with E-state index in [9.17, 15) is 4.79 Å². The molecule has 5 heteroatoms. The minimum absolute atomic E-state index is 0.132. The van der Waals surface area contributed by atoms with Crippen LogP contribution in [0, 0.1) is 3.57 Å². The summed E-state index contributed by atoms with van der Waals surface area (Å²) in [5, 5.41) is 2.79. The van der Waals surface area contributed by atoms with Crippen LogP contribution in [0.1, 0.15) is 0 Å². The highest BCUT2D eigenvalue weighted by Gasteiger charge is 2.06. The fourth-order valence-corrected chi connectivity index (χ4v) is 1.66. The summed E-state index contributed by atoms with van der Waals surface area (Å²) in [6.45, 7) is 0. The van der Waals surface area contributed by atoms with Crippen LogP contribution in [0.3, 0.4) is 0 Å². The zero-order valence-electron chi connectivity index (χ0n) is 7.84. The molecule has 0 fully saturated rings. The Labute approximate surface area is 105 Å². The largest absolute Gasteiger partial charge is 0.331 e. The smallest absolute Gasteiger partial charge is 0.321 e. The number of hydrogen-bond acceptors (Lipinski definition) is 1. The number of anilines is 1. The lowest BCUT2D eigenvalue weighted by atomic mass is 10.3. The SMILES string of the molecule is CN(C)C(=O)Nc1cc(I)ccc1Br. The first-order valence-electron chi connectivity index (χ1n) is 3.94. The predicted molar refractivity (Wildman–Crippen MR) is 69.6 cm³/mol. The van der Waals surface area contributed by atoms with Crippen LogP contribution in [0.15, 0.2) is 22.7 Å². The van der Waals surface area contributed by atoms with E-state index in [1.165, 1.54) is 4.90 Å². The number of hydrogen-bond donors (Lipinski definition) is 1. The van der Waals surface area contributed by atoms with Gasteiger partial charge in [0.15, 0.2) is 0 Å². The predicted octanol–water partition coefficient (Wildman–Crippen LogP) is 3.15. The number of halogens is 2. The average molecular weight is 369 g/mol. The lowest BCUT2D eigenvalue weighted by molar-refractivity contribution is 0.230. The molecule has 1 aromatic carbocycles. The first-order valence-corrected chi connectivity index (χ1v) is 5.81. The van der Waals surface area contributed by atoms with Gasteiger partial charge in [0.05, 0.1) is 5.69 Å². The molecule has 76 valence electrons. The van der Waals surface area contributed by atoms with Crippen molar-refractivity contribution in [3.8, 4) is 0 Å². The second kappa shape index (κ2) is 4.97. The summed E-state index contributed by atoms with van der Waals surface area (Å²) in [5.41, 5.74) is 0.788. The summed E-state index contributed by atoms with van der Waals surface area (Å²) in [4.78, 5) is 12.9. The maximum atomic E-state index is 11.4. The van der Waals surface area contributed by atoms with Crippen LogP contribution in [0.4, 0.5) is 10.5 Å². The Morgan fingerprint density at radius 3 is 2.71 bits per heavy atom. The molecule has 0 spiro atoms. The summed E-state index contributed by atoms with van der Waals surface area (Å²) in [6, 6.07) is 5.65. The fraction of sp³-hybridized carbons (Fsp3) is 0.222. The molecule has 1 aromatic rings. The van der Waals surface area contributed by atoms with Gasteiger partial charge in [0.1, 0.15) is 0 Å². The van der Waals surface area contributed by atoms with Crippen molar-refractivity contribution >= 4 is 50.2 Å². The van der Waals surface area contributed by atoms with Gasteiger partial charge in [-0.05, 0) is 56.7 Å². The average Bonchev–Trinajstić information content (AvgIpc) is 2.11. The zero-order valence-corrected chi connectivity index (χ0v) is 11.6. The van der Waals surface area contributed by atoms with Gasteiger partial charge in [-0.3, -0.25) is 0 Å². The van der Waals surface area contributed by atoms with Gasteiger partial charge in [-0.15, -0.1) is 0 Å². The number of urea groups is 1. The van der Waals surface area contributed by atoms with Crippen molar-refractivity contribution in [3.05, 3.63) is 26.2 Å². The van der Waals surface area contributed by atoms with E-state index in [4.69, 9.17) is 0 Å². The van der Waals surface area contributed by atoms with E-state index < -0.39 is 0 Å². The molecule has 1 N–H and O–H groups in total. The Kier molecular flexibility index (Phi) is 4.18. The van der Waals surface area contributed by atoms with Gasteiger partial charge in [0.25, 0.3) is 0 Å². The molecule has 0 saturated carbocycles. The van der Waals surface area contributed by atoms with Crippen molar-refractivity contribution in [2.24, 2.45) is 0 Å². The highest BCUT2D eigenvalue weighted by Crippen LogP contribution is 2.24. The van der Waals surface area contributed by atoms with E-state index in [1.807, 2.05) is 18.2 Å². The summed E-state index contributed by atoms with van der Waals surface area (Å²) in [5.74, 6) is 0. The van der Waals surface area contributed by atoms with Crippen molar-refractivity contribution in [2.45, 2.75) is 0 Å². The highest BCUT2D eigenvalue weighted by molar-refractivity contribution is 14.1. The molecule has 0 aliphatic rings. The Balaban J connectivity index is 2.86. The van der Waals surface area contributed by atoms with Crippen LogP contribution in [0.25, 0.3) is 0 Å². The lowest BCUT2D eigenvalue weighted by Crippen LogP contribution is -2.27. The van der Waals surface area contributed by atoms with Crippen molar-refractivity contribution < 1.29 is 4.79 Å². The molecule has 0 aromatic heterocycles. The Morgan fingerprint density at radius 1 is 1.50 bits per heavy atom. The molecule has 0 unspecified atom stereocenters. The van der Waals surface area contributed by atoms with Gasteiger partial charge in [-0.25, -0.2) is 4.79 Å². The van der Waals surface area contributed by atoms with Crippen LogP contribution < -0.4 is 5.32 Å². The topological polar surface area (TPSA) is 32.3 Å². The fourth-order valence-electron chi connectivity index (χ4n) is 0.820. The summed E-state index contributed by atoms with van der Waals surface area (Å²) < 4.78 is 1.97. The molecule has 3 nitrogen and oxygen atoms in total. The second-order valence-electron chi connectivity index (χ2n) is 2.95. The standard InChI is InChI=1S/C9H10BrIN2O/c1-13(2)9(14)12-8-5-6(11)3-4-7(8)10/h3-5H,1-2H3,(H,12,14). The molecule has 14 heavy (non-hydrogen) atoms. The Morgan fingerprint density at radius 2 is 2.14 bits per heavy atom. The van der Waals surface area contributed by atoms with Crippen molar-refractivity contribution in [3.63, 3.8) is 0 Å². The van der Waals surface area contributed by atoms with Crippen LogP contribution in [0.2, 0.25) is 0 Å². The molecule has 0 aliphatic heterocycles. The molecule has 0 radical (unpaired) electrons. The normalized spacial score (nSPS) is 9.71. The van der Waals surface area contributed by atoms with Crippen LogP contribution in [0.5, 0.6) is 0 Å². The number of benzene rings is 1. The quantitative estimate of drug-likeness (QED) is 0.759. The Hall–Kier alpha value is -0.300. The molecule has 2 amide bonds. The third kappa shape index (κ3) is 3.13. The molecule has 0 atom stereocenters. The maximum absolute atomic E-state index is 11.4. The minimum Gasteiger partial charge on any atom is -0.331 e. The van der Waals surface area contributed by atoms with Gasteiger partial charge < -0.3 is 10.2 Å². The van der Waals surface area contributed by atoms with Crippen molar-refractivity contribution in [2.75, 3.05) is 19.4 Å². The monoisotopic (exact) mass is 368 g/mol. The third-order valence-corrected chi connectivity index (χ3v) is 2.94. The number of rotatable bonds is 1. The molecule has 0 saturated heterocycles. The Bertz CT molecular complexity index is 355. The van der Waals surface area contributed by atoms with Gasteiger partial charge in [-0.1, -0.05) is 0 Å². The summed E-state index contributed by atoms with van der Waals surface area (Å²) in [6.07, 6.45) is 0. The maximum Gasteiger partial charge on any atom is 0.321 e. The van der Waals surface area contributed by atoms with Gasteiger partial charge in [0.2, 0.25) is 0 Å². The van der Waals surface area contributed by atoms with E-state index >= 15 is 0 Å². The first kappa shape index (κ1) is 11.8. The zero-order chi connectivity index (χ0) is 10.7. The number of nitrogens with one attached hydrogen (secondary N) is 1. The molecular weight excluding hydrogens is 359 g/mol. The number of carbonyl (C=O) groups excluding carboxylic acids is 1. The van der Waals surface area contributed by atoms with E-state index in [1.54, 1.807) is 14.1 Å². The number of nitrogens with zero attached hydrogens (tertiary/aromatic N) is 1. The third-order valence-electron chi connectivity index (χ3n) is 1.58. The van der Waals surface area contributed by atoms with Crippen molar-refractivity contribution in [1.82, 2.24) is 4.90 Å². The molecule has 1 rings (SSSR count). The van der Waals surface area contributed by atoms with E-state index in [2.05, 4.69) is 43.8 Å². The van der Waals surface area contributed by atoms with Crippen molar-refractivity contribution in [1.29, 1.82) is 0 Å². The summed E-state index contributed by atoms with van der Waals surface area (Å²) in [7, 11) is 3.41. The van der Waals surface area contributed by atoms with E-state index in [0.717, 1.165) is 13.7 Å². The molecule has 0 aliphatic carbocycles. The van der Waals surface area contributed by atoms with Gasteiger partial charge in [-0.2, -0.15) is 0 Å². The minimum atomic E-state index is -0.132. The van der Waals surface area contributed by atoms with Gasteiger partial charge >= 0.3 is 6.03 Å². The number of amides is 2. The first-order chi connectivity index (χ1) is 6.50. The highest BCUT2D eigenvalue weighted by atomic mass is 127. The second-order valence-corrected chi connectivity index (χ2v) is 5.05. The molecule has 0 heterocycles. The van der Waals surface area contributed by atoms with Crippen LogP contribution >= 0.6 is 38.5 Å². The van der Waals surface area contributed by atoms with Crippen LogP contribution in [-0.4, -0.2) is 25.0 Å². The summed E-state index contributed by atoms with van der Waals surface area (Å²) >= 11 is 5.57. The van der Waals surface area contributed by atoms with Crippen LogP contribution in [-0.2, 0) is 0 Å². The number of carbonyl (C=O) groups is 1. The van der Waals surface area contributed by atoms with E-state index in [-0.39, 0.29) is 6.03 Å².